The normalized spacial score (nSPS) is 11.1. The van der Waals surface area contributed by atoms with Gasteiger partial charge in [-0.3, -0.25) is 4.79 Å². The molecule has 2 aromatic carbocycles. The molecule has 0 bridgehead atoms. The van der Waals surface area contributed by atoms with Gasteiger partial charge in [0.2, 0.25) is 0 Å². The number of hydrogen-bond donors (Lipinski definition) is 1. The first-order chi connectivity index (χ1) is 10.9. The van der Waals surface area contributed by atoms with Crippen LogP contribution in [0.15, 0.2) is 48.5 Å². The van der Waals surface area contributed by atoms with Gasteiger partial charge in [0.05, 0.1) is 12.2 Å². The van der Waals surface area contributed by atoms with E-state index in [2.05, 4.69) is 5.32 Å². The number of hydrogen-bond acceptors (Lipinski definition) is 2. The minimum Gasteiger partial charge on any atom is -0.494 e. The second-order valence-corrected chi connectivity index (χ2v) is 4.84. The largest absolute Gasteiger partial charge is 0.494 e. The zero-order chi connectivity index (χ0) is 16.9. The molecule has 23 heavy (non-hydrogen) atoms. The van der Waals surface area contributed by atoms with Crippen molar-refractivity contribution >= 4 is 5.91 Å². The molecule has 0 unspecified atom stereocenters. The van der Waals surface area contributed by atoms with Crippen molar-refractivity contribution in [3.8, 4) is 5.75 Å². The molecule has 0 heterocycles. The van der Waals surface area contributed by atoms with Gasteiger partial charge in [0.1, 0.15) is 5.75 Å². The lowest BCUT2D eigenvalue weighted by Gasteiger charge is -2.09. The first-order valence-electron chi connectivity index (χ1n) is 7.07. The minimum atomic E-state index is -4.36. The van der Waals surface area contributed by atoms with E-state index in [1.54, 1.807) is 24.3 Å². The van der Waals surface area contributed by atoms with E-state index in [1.807, 2.05) is 6.92 Å². The van der Waals surface area contributed by atoms with Crippen LogP contribution in [0.1, 0.15) is 28.4 Å². The van der Waals surface area contributed by atoms with Gasteiger partial charge in [0.25, 0.3) is 5.91 Å². The van der Waals surface area contributed by atoms with Crippen molar-refractivity contribution in [3.05, 3.63) is 65.2 Å². The van der Waals surface area contributed by atoms with Crippen LogP contribution in [0, 0.1) is 0 Å². The van der Waals surface area contributed by atoms with Crippen molar-refractivity contribution in [2.45, 2.75) is 19.6 Å². The number of carbonyl (C=O) groups is 1. The van der Waals surface area contributed by atoms with Gasteiger partial charge in [0, 0.05) is 12.1 Å². The quantitative estimate of drug-likeness (QED) is 0.902. The highest BCUT2D eigenvalue weighted by Crippen LogP contribution is 2.29. The van der Waals surface area contributed by atoms with Crippen LogP contribution < -0.4 is 10.1 Å². The topological polar surface area (TPSA) is 38.3 Å². The van der Waals surface area contributed by atoms with Crippen LogP contribution in [0.5, 0.6) is 5.75 Å². The number of rotatable bonds is 5. The van der Waals surface area contributed by atoms with Crippen LogP contribution in [0.25, 0.3) is 0 Å². The Kier molecular flexibility index (Phi) is 5.26. The lowest BCUT2D eigenvalue weighted by Crippen LogP contribution is -2.22. The predicted octanol–water partition coefficient (Wildman–Crippen LogP) is 4.03. The smallest absolute Gasteiger partial charge is 0.416 e. The van der Waals surface area contributed by atoms with Crippen molar-refractivity contribution in [1.29, 1.82) is 0 Å². The second-order valence-electron chi connectivity index (χ2n) is 4.84. The van der Waals surface area contributed by atoms with E-state index in [9.17, 15) is 18.0 Å². The predicted molar refractivity (Wildman–Crippen MR) is 80.2 cm³/mol. The summed E-state index contributed by atoms with van der Waals surface area (Å²) in [6.07, 6.45) is -4.36. The monoisotopic (exact) mass is 323 g/mol. The molecule has 2 aromatic rings. The van der Waals surface area contributed by atoms with Crippen molar-refractivity contribution in [3.63, 3.8) is 0 Å². The molecular weight excluding hydrogens is 307 g/mol. The summed E-state index contributed by atoms with van der Waals surface area (Å²) < 4.78 is 42.7. The molecule has 1 amide bonds. The highest BCUT2D eigenvalue weighted by molar-refractivity contribution is 5.94. The Morgan fingerprint density at radius 1 is 1.13 bits per heavy atom. The summed E-state index contributed by atoms with van der Waals surface area (Å²) in [5, 5.41) is 2.67. The maximum Gasteiger partial charge on any atom is 0.416 e. The molecule has 0 radical (unpaired) electrons. The van der Waals surface area contributed by atoms with Gasteiger partial charge < -0.3 is 10.1 Å². The van der Waals surface area contributed by atoms with Crippen molar-refractivity contribution in [2.24, 2.45) is 0 Å². The van der Waals surface area contributed by atoms with Crippen LogP contribution in [-0.2, 0) is 12.7 Å². The molecule has 122 valence electrons. The number of carbonyl (C=O) groups excluding carboxylic acids is 1. The summed E-state index contributed by atoms with van der Waals surface area (Å²) in [7, 11) is 0. The third-order valence-corrected chi connectivity index (χ3v) is 3.14. The molecule has 6 heteroatoms. The summed E-state index contributed by atoms with van der Waals surface area (Å²) in [6, 6.07) is 11.4. The lowest BCUT2D eigenvalue weighted by molar-refractivity contribution is -0.137. The molecule has 0 saturated heterocycles. The number of alkyl halides is 3. The molecule has 2 rings (SSSR count). The molecule has 0 aliphatic heterocycles. The van der Waals surface area contributed by atoms with E-state index < -0.39 is 11.7 Å². The molecule has 0 fully saturated rings. The Morgan fingerprint density at radius 2 is 1.83 bits per heavy atom. The summed E-state index contributed by atoms with van der Waals surface area (Å²) >= 11 is 0. The van der Waals surface area contributed by atoms with Crippen molar-refractivity contribution in [2.75, 3.05) is 6.61 Å². The van der Waals surface area contributed by atoms with Crippen molar-refractivity contribution < 1.29 is 22.7 Å². The number of halogens is 3. The minimum absolute atomic E-state index is 0.149. The van der Waals surface area contributed by atoms with Crippen LogP contribution >= 0.6 is 0 Å². The maximum atomic E-state index is 12.5. The number of benzene rings is 2. The number of ether oxygens (including phenoxy) is 1. The standard InChI is InChI=1S/C17H16F3NO2/c1-2-23-15-5-3-4-13(10-15)16(22)21-11-12-6-8-14(9-7-12)17(18,19)20/h3-10H,2,11H2,1H3,(H,21,22). The fourth-order valence-electron chi connectivity index (χ4n) is 1.99. The average molecular weight is 323 g/mol. The highest BCUT2D eigenvalue weighted by Gasteiger charge is 2.29. The summed E-state index contributed by atoms with van der Waals surface area (Å²) in [4.78, 5) is 12.1. The van der Waals surface area contributed by atoms with Gasteiger partial charge >= 0.3 is 6.18 Å². The molecule has 0 spiro atoms. The molecule has 0 atom stereocenters. The van der Waals surface area contributed by atoms with E-state index in [4.69, 9.17) is 4.74 Å². The zero-order valence-corrected chi connectivity index (χ0v) is 12.5. The van der Waals surface area contributed by atoms with Crippen LogP contribution in [0.2, 0.25) is 0 Å². The first kappa shape index (κ1) is 16.9. The van der Waals surface area contributed by atoms with Gasteiger partial charge in [-0.15, -0.1) is 0 Å². The molecule has 3 nitrogen and oxygen atoms in total. The van der Waals surface area contributed by atoms with E-state index in [1.165, 1.54) is 12.1 Å². The summed E-state index contributed by atoms with van der Waals surface area (Å²) in [6.45, 7) is 2.49. The Bertz CT molecular complexity index is 666. The van der Waals surface area contributed by atoms with E-state index >= 15 is 0 Å². The Hall–Kier alpha value is -2.50. The van der Waals surface area contributed by atoms with E-state index in [0.717, 1.165) is 12.1 Å². The summed E-state index contributed by atoms with van der Waals surface area (Å²) in [5.41, 5.74) is 0.312. The van der Waals surface area contributed by atoms with Gasteiger partial charge in [-0.1, -0.05) is 18.2 Å². The highest BCUT2D eigenvalue weighted by atomic mass is 19.4. The second kappa shape index (κ2) is 7.17. The molecule has 0 aromatic heterocycles. The molecule has 0 saturated carbocycles. The van der Waals surface area contributed by atoms with Crippen LogP contribution in [0.3, 0.4) is 0 Å². The number of amides is 1. The Balaban J connectivity index is 1.97. The average Bonchev–Trinajstić information content (AvgIpc) is 2.53. The zero-order valence-electron chi connectivity index (χ0n) is 12.5. The SMILES string of the molecule is CCOc1cccc(C(=O)NCc2ccc(C(F)(F)F)cc2)c1. The van der Waals surface area contributed by atoms with Crippen LogP contribution in [-0.4, -0.2) is 12.5 Å². The van der Waals surface area contributed by atoms with Gasteiger partial charge in [-0.2, -0.15) is 13.2 Å². The van der Waals surface area contributed by atoms with Gasteiger partial charge in [-0.25, -0.2) is 0 Å². The fraction of sp³-hybridized carbons (Fsp3) is 0.235. The van der Waals surface area contributed by atoms with Gasteiger partial charge in [0.15, 0.2) is 0 Å². The third kappa shape index (κ3) is 4.74. The summed E-state index contributed by atoms with van der Waals surface area (Å²) in [5.74, 6) is 0.279. The Labute approximate surface area is 132 Å². The third-order valence-electron chi connectivity index (χ3n) is 3.14. The first-order valence-corrected chi connectivity index (χ1v) is 7.07. The van der Waals surface area contributed by atoms with E-state index in [-0.39, 0.29) is 12.5 Å². The fourth-order valence-corrected chi connectivity index (χ4v) is 1.99. The molecular formula is C17H16F3NO2. The Morgan fingerprint density at radius 3 is 2.43 bits per heavy atom. The van der Waals surface area contributed by atoms with Gasteiger partial charge in [-0.05, 0) is 42.8 Å². The molecule has 0 aliphatic rings. The number of nitrogens with one attached hydrogen (secondary N) is 1. The van der Waals surface area contributed by atoms with Crippen LogP contribution in [0.4, 0.5) is 13.2 Å². The van der Waals surface area contributed by atoms with E-state index in [0.29, 0.717) is 23.5 Å². The van der Waals surface area contributed by atoms with Crippen molar-refractivity contribution in [1.82, 2.24) is 5.32 Å². The maximum absolute atomic E-state index is 12.5. The molecule has 0 aliphatic carbocycles. The molecule has 1 N–H and O–H groups in total. The lowest BCUT2D eigenvalue weighted by atomic mass is 10.1.